The van der Waals surface area contributed by atoms with E-state index in [4.69, 9.17) is 11.6 Å². The Morgan fingerprint density at radius 3 is 2.73 bits per heavy atom. The van der Waals surface area contributed by atoms with Crippen molar-refractivity contribution in [3.05, 3.63) is 65.2 Å². The van der Waals surface area contributed by atoms with Gasteiger partial charge in [0.25, 0.3) is 10.0 Å². The second-order valence-electron chi connectivity index (χ2n) is 8.06. The Labute approximate surface area is 202 Å². The van der Waals surface area contributed by atoms with Crippen LogP contribution in [0.5, 0.6) is 0 Å². The number of thiophene rings is 1. The lowest BCUT2D eigenvalue weighted by Crippen LogP contribution is -2.54. The molecular weight excluding hydrogens is 482 g/mol. The monoisotopic (exact) mass is 505 g/mol. The molecule has 1 unspecified atom stereocenters. The number of hydrogen-bond donors (Lipinski definition) is 1. The molecule has 174 valence electrons. The number of likely N-dealkylation sites (N-methyl/N-ethyl adjacent to an activating group) is 1. The Bertz CT molecular complexity index is 1280. The number of carbonyl (C=O) groups is 2. The minimum absolute atomic E-state index is 0.0816. The summed E-state index contributed by atoms with van der Waals surface area (Å²) in [7, 11) is -2.20. The zero-order chi connectivity index (χ0) is 23.6. The van der Waals surface area contributed by atoms with Crippen LogP contribution in [-0.4, -0.2) is 56.2 Å². The van der Waals surface area contributed by atoms with Crippen molar-refractivity contribution in [1.29, 1.82) is 0 Å². The van der Waals surface area contributed by atoms with E-state index in [0.29, 0.717) is 31.0 Å². The van der Waals surface area contributed by atoms with Gasteiger partial charge in [-0.15, -0.1) is 11.3 Å². The molecule has 10 heteroatoms. The molecule has 1 N–H and O–H groups in total. The molecular formula is C23H24ClN3O4S2. The first kappa shape index (κ1) is 23.7. The van der Waals surface area contributed by atoms with Crippen molar-refractivity contribution in [2.45, 2.75) is 29.6 Å². The number of benzene rings is 2. The summed E-state index contributed by atoms with van der Waals surface area (Å²) >= 11 is 7.11. The number of hydrogen-bond acceptors (Lipinski definition) is 5. The predicted molar refractivity (Wildman–Crippen MR) is 130 cm³/mol. The van der Waals surface area contributed by atoms with Gasteiger partial charge < -0.3 is 9.80 Å². The highest BCUT2D eigenvalue weighted by atomic mass is 35.5. The van der Waals surface area contributed by atoms with Gasteiger partial charge in [-0.05, 0) is 42.0 Å². The molecule has 1 aromatic heterocycles. The standard InChI is InChI=1S/C23H24ClN3O4S2/c1-26(14-16-6-3-2-4-7-16)21(28)15-27-11-5-8-19(23(27)29)25-33(30,31)22-12-17-9-10-18(24)13-20(17)32-22/h2-4,6-7,9-10,12-13,19,25H,5,8,11,14-15H2,1H3. The molecule has 0 radical (unpaired) electrons. The van der Waals surface area contributed by atoms with Crippen LogP contribution in [0.25, 0.3) is 10.1 Å². The molecule has 1 fully saturated rings. The molecule has 0 saturated carbocycles. The smallest absolute Gasteiger partial charge is 0.250 e. The Morgan fingerprint density at radius 1 is 1.21 bits per heavy atom. The van der Waals surface area contributed by atoms with Crippen LogP contribution in [0.4, 0.5) is 0 Å². The maximum Gasteiger partial charge on any atom is 0.250 e. The summed E-state index contributed by atoms with van der Waals surface area (Å²) in [6.07, 6.45) is 0.996. The average Bonchev–Trinajstić information content (AvgIpc) is 3.21. The molecule has 1 aliphatic heterocycles. The summed E-state index contributed by atoms with van der Waals surface area (Å²) < 4.78 is 29.3. The summed E-state index contributed by atoms with van der Waals surface area (Å²) in [5, 5.41) is 1.30. The van der Waals surface area contributed by atoms with E-state index in [1.54, 1.807) is 36.2 Å². The average molecular weight is 506 g/mol. The zero-order valence-corrected chi connectivity index (χ0v) is 20.4. The fraction of sp³-hybridized carbons (Fsp3) is 0.304. The third kappa shape index (κ3) is 5.55. The van der Waals surface area contributed by atoms with Gasteiger partial charge >= 0.3 is 0 Å². The SMILES string of the molecule is CN(Cc1ccccc1)C(=O)CN1CCCC(NS(=O)(=O)c2cc3ccc(Cl)cc3s2)C1=O. The van der Waals surface area contributed by atoms with Gasteiger partial charge in [-0.1, -0.05) is 48.0 Å². The third-order valence-corrected chi connectivity index (χ3v) is 8.85. The van der Waals surface area contributed by atoms with Gasteiger partial charge in [0.15, 0.2) is 0 Å². The minimum Gasteiger partial charge on any atom is -0.340 e. The van der Waals surface area contributed by atoms with E-state index in [1.165, 1.54) is 4.90 Å². The van der Waals surface area contributed by atoms with Crippen LogP contribution in [0.15, 0.2) is 58.8 Å². The van der Waals surface area contributed by atoms with Crippen molar-refractivity contribution in [2.24, 2.45) is 0 Å². The number of sulfonamides is 1. The molecule has 1 atom stereocenters. The fourth-order valence-corrected chi connectivity index (χ4v) is 6.71. The molecule has 0 bridgehead atoms. The number of likely N-dealkylation sites (tertiary alicyclic amines) is 1. The van der Waals surface area contributed by atoms with Gasteiger partial charge in [-0.3, -0.25) is 9.59 Å². The molecule has 2 amide bonds. The van der Waals surface area contributed by atoms with Crippen molar-refractivity contribution >= 4 is 54.9 Å². The topological polar surface area (TPSA) is 86.8 Å². The van der Waals surface area contributed by atoms with Crippen LogP contribution in [-0.2, 0) is 26.2 Å². The lowest BCUT2D eigenvalue weighted by molar-refractivity contribution is -0.142. The molecule has 0 aliphatic carbocycles. The summed E-state index contributed by atoms with van der Waals surface area (Å²) in [6.45, 7) is 0.777. The van der Waals surface area contributed by atoms with Gasteiger partial charge in [0, 0.05) is 29.9 Å². The quantitative estimate of drug-likeness (QED) is 0.532. The molecule has 2 aromatic carbocycles. The summed E-state index contributed by atoms with van der Waals surface area (Å²) in [5.41, 5.74) is 0.994. The second kappa shape index (κ2) is 9.80. The lowest BCUT2D eigenvalue weighted by Gasteiger charge is -2.33. The first-order chi connectivity index (χ1) is 15.7. The largest absolute Gasteiger partial charge is 0.340 e. The highest BCUT2D eigenvalue weighted by Crippen LogP contribution is 2.31. The van der Waals surface area contributed by atoms with Crippen molar-refractivity contribution in [2.75, 3.05) is 20.1 Å². The zero-order valence-electron chi connectivity index (χ0n) is 18.0. The number of rotatable bonds is 7. The summed E-state index contributed by atoms with van der Waals surface area (Å²) in [5.74, 6) is -0.576. The minimum atomic E-state index is -3.89. The first-order valence-electron chi connectivity index (χ1n) is 10.5. The van der Waals surface area contributed by atoms with E-state index in [1.807, 2.05) is 30.3 Å². The van der Waals surface area contributed by atoms with Crippen LogP contribution >= 0.6 is 22.9 Å². The molecule has 3 aromatic rings. The number of halogens is 1. The molecule has 1 aliphatic rings. The highest BCUT2D eigenvalue weighted by molar-refractivity contribution is 7.91. The number of piperidine rings is 1. The fourth-order valence-electron chi connectivity index (χ4n) is 3.79. The predicted octanol–water partition coefficient (Wildman–Crippen LogP) is 3.48. The van der Waals surface area contributed by atoms with Crippen LogP contribution in [0.3, 0.4) is 0 Å². The van der Waals surface area contributed by atoms with Crippen molar-refractivity contribution in [1.82, 2.24) is 14.5 Å². The van der Waals surface area contributed by atoms with Crippen LogP contribution < -0.4 is 4.72 Å². The Kier molecular flexibility index (Phi) is 7.04. The van der Waals surface area contributed by atoms with Gasteiger partial charge in [0.05, 0.1) is 6.54 Å². The van der Waals surface area contributed by atoms with Crippen molar-refractivity contribution in [3.63, 3.8) is 0 Å². The number of amides is 2. The molecule has 4 rings (SSSR count). The number of carbonyl (C=O) groups excluding carboxylic acids is 2. The van der Waals surface area contributed by atoms with E-state index >= 15 is 0 Å². The maximum absolute atomic E-state index is 13.0. The van der Waals surface area contributed by atoms with E-state index in [9.17, 15) is 18.0 Å². The number of nitrogens with zero attached hydrogens (tertiary/aromatic N) is 2. The summed E-state index contributed by atoms with van der Waals surface area (Å²) in [6, 6.07) is 15.4. The van der Waals surface area contributed by atoms with E-state index in [2.05, 4.69) is 4.72 Å². The van der Waals surface area contributed by atoms with Crippen LogP contribution in [0.1, 0.15) is 18.4 Å². The lowest BCUT2D eigenvalue weighted by atomic mass is 10.1. The Balaban J connectivity index is 1.41. The van der Waals surface area contributed by atoms with Gasteiger partial charge in [0.2, 0.25) is 11.8 Å². The molecule has 33 heavy (non-hydrogen) atoms. The van der Waals surface area contributed by atoms with E-state index < -0.39 is 16.1 Å². The van der Waals surface area contributed by atoms with Gasteiger partial charge in [-0.25, -0.2) is 8.42 Å². The molecule has 0 spiro atoms. The third-order valence-electron chi connectivity index (χ3n) is 5.57. The maximum atomic E-state index is 13.0. The van der Waals surface area contributed by atoms with Crippen LogP contribution in [0.2, 0.25) is 5.02 Å². The summed E-state index contributed by atoms with van der Waals surface area (Å²) in [4.78, 5) is 28.7. The number of fused-ring (bicyclic) bond motifs is 1. The highest BCUT2D eigenvalue weighted by Gasteiger charge is 2.34. The Hall–Kier alpha value is -2.46. The first-order valence-corrected chi connectivity index (χ1v) is 13.2. The van der Waals surface area contributed by atoms with Gasteiger partial charge in [-0.2, -0.15) is 4.72 Å². The molecule has 2 heterocycles. The van der Waals surface area contributed by atoms with Gasteiger partial charge in [0.1, 0.15) is 10.3 Å². The molecule has 1 saturated heterocycles. The molecule has 7 nitrogen and oxygen atoms in total. The van der Waals surface area contributed by atoms with Crippen molar-refractivity contribution in [3.8, 4) is 0 Å². The Morgan fingerprint density at radius 2 is 1.97 bits per heavy atom. The van der Waals surface area contributed by atoms with Crippen LogP contribution in [0, 0.1) is 0 Å². The van der Waals surface area contributed by atoms with E-state index in [-0.39, 0.29) is 22.6 Å². The number of nitrogens with one attached hydrogen (secondary N) is 1. The van der Waals surface area contributed by atoms with E-state index in [0.717, 1.165) is 27.0 Å². The normalized spacial score (nSPS) is 16.8. The second-order valence-corrected chi connectivity index (χ2v) is 11.5. The van der Waals surface area contributed by atoms with Crippen molar-refractivity contribution < 1.29 is 18.0 Å².